The number of benzene rings is 1. The molecule has 1 aliphatic carbocycles. The van der Waals surface area contributed by atoms with E-state index in [1.807, 2.05) is 6.07 Å². The second-order valence-electron chi connectivity index (χ2n) is 4.04. The van der Waals surface area contributed by atoms with Gasteiger partial charge in [-0.25, -0.2) is 4.79 Å². The van der Waals surface area contributed by atoms with E-state index in [-0.39, 0.29) is 0 Å². The molecule has 1 fully saturated rings. The number of carbonyl (C=O) groups is 1. The molecule has 0 amide bonds. The monoisotopic (exact) mass is 205 g/mol. The Hall–Kier alpha value is -1.51. The maximum Gasteiger partial charge on any atom is 0.335 e. The largest absolute Gasteiger partial charge is 0.478 e. The van der Waals surface area contributed by atoms with Crippen LogP contribution in [0, 0.1) is 5.92 Å². The zero-order valence-electron chi connectivity index (χ0n) is 8.73. The third-order valence-corrected chi connectivity index (χ3v) is 2.91. The van der Waals surface area contributed by atoms with E-state index in [2.05, 4.69) is 12.2 Å². The quantitative estimate of drug-likeness (QED) is 0.794. The van der Waals surface area contributed by atoms with Crippen molar-refractivity contribution in [2.45, 2.75) is 25.8 Å². The summed E-state index contributed by atoms with van der Waals surface area (Å²) in [5, 5.41) is 12.2. The molecule has 1 aromatic carbocycles. The van der Waals surface area contributed by atoms with E-state index in [0.29, 0.717) is 11.6 Å². The van der Waals surface area contributed by atoms with Gasteiger partial charge in [0.05, 0.1) is 5.56 Å². The van der Waals surface area contributed by atoms with E-state index in [1.54, 1.807) is 18.2 Å². The number of aromatic carboxylic acids is 1. The molecular formula is C12H15NO2. The fourth-order valence-corrected chi connectivity index (χ4v) is 1.83. The van der Waals surface area contributed by atoms with Crippen molar-refractivity contribution in [1.29, 1.82) is 0 Å². The Labute approximate surface area is 89.1 Å². The summed E-state index contributed by atoms with van der Waals surface area (Å²) in [6, 6.07) is 7.52. The van der Waals surface area contributed by atoms with Crippen LogP contribution in [-0.2, 0) is 0 Å². The van der Waals surface area contributed by atoms with E-state index in [1.165, 1.54) is 12.8 Å². The van der Waals surface area contributed by atoms with Crippen LogP contribution in [0.3, 0.4) is 0 Å². The zero-order chi connectivity index (χ0) is 10.8. The van der Waals surface area contributed by atoms with Crippen LogP contribution >= 0.6 is 0 Å². The number of anilines is 1. The van der Waals surface area contributed by atoms with Crippen LogP contribution in [0.5, 0.6) is 0 Å². The average Bonchev–Trinajstić information content (AvgIpc) is 2.97. The highest BCUT2D eigenvalue weighted by molar-refractivity contribution is 5.88. The molecule has 2 atom stereocenters. The normalized spacial score (nSPS) is 23.5. The van der Waals surface area contributed by atoms with Gasteiger partial charge in [-0.05, 0) is 30.5 Å². The standard InChI is InChI=1S/C12H15NO2/c1-2-8-7-11(8)13-10-5-3-4-9(6-10)12(14)15/h3-6,8,11,13H,2,7H2,1H3,(H,14,15). The van der Waals surface area contributed by atoms with Crippen LogP contribution < -0.4 is 5.32 Å². The van der Waals surface area contributed by atoms with Crippen molar-refractivity contribution in [3.05, 3.63) is 29.8 Å². The Morgan fingerprint density at radius 2 is 2.40 bits per heavy atom. The fraction of sp³-hybridized carbons (Fsp3) is 0.417. The van der Waals surface area contributed by atoms with Gasteiger partial charge in [0.15, 0.2) is 0 Å². The first-order valence-electron chi connectivity index (χ1n) is 5.30. The van der Waals surface area contributed by atoms with Crippen LogP contribution in [-0.4, -0.2) is 17.1 Å². The molecule has 0 aromatic heterocycles. The fourth-order valence-electron chi connectivity index (χ4n) is 1.83. The molecule has 1 saturated carbocycles. The van der Waals surface area contributed by atoms with Crippen molar-refractivity contribution < 1.29 is 9.90 Å². The maximum atomic E-state index is 10.7. The van der Waals surface area contributed by atoms with E-state index in [4.69, 9.17) is 5.11 Å². The van der Waals surface area contributed by atoms with Crippen molar-refractivity contribution in [2.75, 3.05) is 5.32 Å². The van der Waals surface area contributed by atoms with E-state index in [0.717, 1.165) is 11.6 Å². The lowest BCUT2D eigenvalue weighted by Gasteiger charge is -2.05. The van der Waals surface area contributed by atoms with Crippen LogP contribution in [0.1, 0.15) is 30.1 Å². The first kappa shape index (κ1) is 10.0. The number of hydrogen-bond donors (Lipinski definition) is 2. The smallest absolute Gasteiger partial charge is 0.335 e. The number of hydrogen-bond acceptors (Lipinski definition) is 2. The minimum absolute atomic E-state index is 0.341. The molecule has 0 heterocycles. The van der Waals surface area contributed by atoms with Gasteiger partial charge in [0, 0.05) is 11.7 Å². The molecule has 0 aliphatic heterocycles. The molecule has 2 unspecified atom stereocenters. The van der Waals surface area contributed by atoms with E-state index in [9.17, 15) is 4.79 Å². The summed E-state index contributed by atoms with van der Waals surface area (Å²) in [4.78, 5) is 10.7. The van der Waals surface area contributed by atoms with E-state index < -0.39 is 5.97 Å². The van der Waals surface area contributed by atoms with Crippen molar-refractivity contribution in [1.82, 2.24) is 0 Å². The average molecular weight is 205 g/mol. The molecule has 2 N–H and O–H groups in total. The highest BCUT2D eigenvalue weighted by Crippen LogP contribution is 2.36. The molecule has 3 nitrogen and oxygen atoms in total. The molecular weight excluding hydrogens is 190 g/mol. The molecule has 0 saturated heterocycles. The van der Waals surface area contributed by atoms with Crippen LogP contribution in [0.4, 0.5) is 5.69 Å². The summed E-state index contributed by atoms with van der Waals surface area (Å²) >= 11 is 0. The first-order chi connectivity index (χ1) is 7.20. The lowest BCUT2D eigenvalue weighted by atomic mass is 10.2. The second-order valence-corrected chi connectivity index (χ2v) is 4.04. The van der Waals surface area contributed by atoms with Crippen molar-refractivity contribution in [3.63, 3.8) is 0 Å². The first-order valence-corrected chi connectivity index (χ1v) is 5.30. The predicted octanol–water partition coefficient (Wildman–Crippen LogP) is 2.60. The lowest BCUT2D eigenvalue weighted by Crippen LogP contribution is -2.05. The van der Waals surface area contributed by atoms with Gasteiger partial charge in [0.1, 0.15) is 0 Å². The van der Waals surface area contributed by atoms with E-state index >= 15 is 0 Å². The summed E-state index contributed by atoms with van der Waals surface area (Å²) in [6.07, 6.45) is 2.39. The predicted molar refractivity (Wildman–Crippen MR) is 59.2 cm³/mol. The SMILES string of the molecule is CCC1CC1Nc1cccc(C(=O)O)c1. The summed E-state index contributed by atoms with van der Waals surface area (Å²) < 4.78 is 0. The molecule has 80 valence electrons. The van der Waals surface area contributed by atoms with Crippen molar-refractivity contribution >= 4 is 11.7 Å². The Morgan fingerprint density at radius 3 is 3.00 bits per heavy atom. The third kappa shape index (κ3) is 2.29. The van der Waals surface area contributed by atoms with Crippen LogP contribution in [0.15, 0.2) is 24.3 Å². The summed E-state index contributed by atoms with van der Waals surface area (Å²) in [7, 11) is 0. The lowest BCUT2D eigenvalue weighted by molar-refractivity contribution is 0.0697. The highest BCUT2D eigenvalue weighted by atomic mass is 16.4. The van der Waals surface area contributed by atoms with Gasteiger partial charge in [-0.15, -0.1) is 0 Å². The second kappa shape index (κ2) is 3.93. The van der Waals surface area contributed by atoms with Gasteiger partial charge >= 0.3 is 5.97 Å². The molecule has 3 heteroatoms. The Balaban J connectivity index is 2.03. The highest BCUT2D eigenvalue weighted by Gasteiger charge is 2.34. The third-order valence-electron chi connectivity index (χ3n) is 2.91. The molecule has 1 aromatic rings. The minimum Gasteiger partial charge on any atom is -0.478 e. The zero-order valence-corrected chi connectivity index (χ0v) is 8.73. The van der Waals surface area contributed by atoms with Gasteiger partial charge < -0.3 is 10.4 Å². The van der Waals surface area contributed by atoms with Crippen molar-refractivity contribution in [2.24, 2.45) is 5.92 Å². The topological polar surface area (TPSA) is 49.3 Å². The summed E-state index contributed by atoms with van der Waals surface area (Å²) in [6.45, 7) is 2.18. The van der Waals surface area contributed by atoms with Gasteiger partial charge in [0.25, 0.3) is 0 Å². The number of nitrogens with one attached hydrogen (secondary N) is 1. The minimum atomic E-state index is -0.874. The summed E-state index contributed by atoms with van der Waals surface area (Å²) in [5.74, 6) is -0.111. The van der Waals surface area contributed by atoms with Crippen LogP contribution in [0.25, 0.3) is 0 Å². The molecule has 0 radical (unpaired) electrons. The number of carboxylic acid groups (broad SMARTS) is 1. The maximum absolute atomic E-state index is 10.7. The van der Waals surface area contributed by atoms with Gasteiger partial charge in [-0.3, -0.25) is 0 Å². The van der Waals surface area contributed by atoms with Gasteiger partial charge in [0.2, 0.25) is 0 Å². The van der Waals surface area contributed by atoms with Crippen LogP contribution in [0.2, 0.25) is 0 Å². The molecule has 15 heavy (non-hydrogen) atoms. The Kier molecular flexibility index (Phi) is 2.62. The summed E-state index contributed by atoms with van der Waals surface area (Å²) in [5.41, 5.74) is 1.25. The Morgan fingerprint density at radius 1 is 1.60 bits per heavy atom. The molecule has 2 rings (SSSR count). The van der Waals surface area contributed by atoms with Gasteiger partial charge in [-0.2, -0.15) is 0 Å². The molecule has 0 spiro atoms. The number of rotatable bonds is 4. The Bertz CT molecular complexity index is 376. The van der Waals surface area contributed by atoms with Crippen molar-refractivity contribution in [3.8, 4) is 0 Å². The number of carboxylic acids is 1. The van der Waals surface area contributed by atoms with Gasteiger partial charge in [-0.1, -0.05) is 19.4 Å². The molecule has 0 bridgehead atoms. The molecule has 1 aliphatic rings.